The maximum atomic E-state index is 11.8. The van der Waals surface area contributed by atoms with E-state index >= 15 is 0 Å². The Morgan fingerprint density at radius 1 is 1.41 bits per heavy atom. The van der Waals surface area contributed by atoms with E-state index in [1.54, 1.807) is 12.1 Å². The van der Waals surface area contributed by atoms with E-state index in [0.717, 1.165) is 45.1 Å². The van der Waals surface area contributed by atoms with Gasteiger partial charge in [-0.15, -0.1) is 0 Å². The van der Waals surface area contributed by atoms with Gasteiger partial charge in [-0.2, -0.15) is 0 Å². The van der Waals surface area contributed by atoms with Gasteiger partial charge in [-0.3, -0.25) is 4.90 Å². The summed E-state index contributed by atoms with van der Waals surface area (Å²) < 4.78 is 10.5. The molecule has 6 heteroatoms. The number of nitrogens with one attached hydrogen (secondary N) is 1. The Hall–Kier alpha value is -1.79. The Balaban J connectivity index is 1.85. The Labute approximate surface area is 131 Å². The molecule has 0 unspecified atom stereocenters. The molecule has 1 heterocycles. The van der Waals surface area contributed by atoms with Gasteiger partial charge in [0, 0.05) is 26.2 Å². The first-order valence-corrected chi connectivity index (χ1v) is 7.70. The highest BCUT2D eigenvalue weighted by molar-refractivity contribution is 5.92. The molecule has 2 rings (SSSR count). The zero-order valence-corrected chi connectivity index (χ0v) is 13.3. The van der Waals surface area contributed by atoms with E-state index in [4.69, 9.17) is 15.2 Å². The normalized spacial score (nSPS) is 15.8. The Morgan fingerprint density at radius 3 is 2.77 bits per heavy atom. The maximum Gasteiger partial charge on any atom is 0.338 e. The van der Waals surface area contributed by atoms with Gasteiger partial charge in [0.2, 0.25) is 0 Å². The molecule has 0 atom stereocenters. The highest BCUT2D eigenvalue weighted by atomic mass is 16.5. The molecule has 22 heavy (non-hydrogen) atoms. The Kier molecular flexibility index (Phi) is 6.03. The number of nitrogens with zero attached hydrogens (tertiary/aromatic N) is 1. The lowest BCUT2D eigenvalue weighted by molar-refractivity contribution is 0.0378. The molecule has 0 aromatic heterocycles. The van der Waals surface area contributed by atoms with Crippen molar-refractivity contribution in [2.75, 3.05) is 50.4 Å². The molecule has 122 valence electrons. The van der Waals surface area contributed by atoms with Gasteiger partial charge in [0.1, 0.15) is 0 Å². The minimum absolute atomic E-state index is 0.139. The summed E-state index contributed by atoms with van der Waals surface area (Å²) in [6.45, 7) is 8.93. The van der Waals surface area contributed by atoms with Crippen LogP contribution in [0.15, 0.2) is 18.2 Å². The standard InChI is InChI=1S/C16H25N3O3/c1-12(2)22-16(20)13-3-4-15(14(17)11-13)18-5-6-19-7-9-21-10-8-19/h3-4,11-12,18H,5-10,17H2,1-2H3. The minimum atomic E-state index is -0.346. The molecule has 1 aliphatic rings. The van der Waals surface area contributed by atoms with E-state index in [9.17, 15) is 4.79 Å². The van der Waals surface area contributed by atoms with Crippen LogP contribution in [-0.2, 0) is 9.47 Å². The highest BCUT2D eigenvalue weighted by Gasteiger charge is 2.12. The average Bonchev–Trinajstić information content (AvgIpc) is 2.49. The zero-order valence-electron chi connectivity index (χ0n) is 13.3. The SMILES string of the molecule is CC(C)OC(=O)c1ccc(NCCN2CCOCC2)c(N)c1. The number of nitrogens with two attached hydrogens (primary N) is 1. The molecule has 1 saturated heterocycles. The number of rotatable bonds is 6. The molecule has 0 radical (unpaired) electrons. The topological polar surface area (TPSA) is 76.8 Å². The van der Waals surface area contributed by atoms with Crippen molar-refractivity contribution in [3.63, 3.8) is 0 Å². The van der Waals surface area contributed by atoms with E-state index in [-0.39, 0.29) is 12.1 Å². The third kappa shape index (κ3) is 4.89. The van der Waals surface area contributed by atoms with Gasteiger partial charge < -0.3 is 20.5 Å². The smallest absolute Gasteiger partial charge is 0.338 e. The molecule has 3 N–H and O–H groups in total. The number of nitrogen functional groups attached to an aromatic ring is 1. The van der Waals surface area contributed by atoms with Gasteiger partial charge in [-0.1, -0.05) is 0 Å². The number of hydrogen-bond donors (Lipinski definition) is 2. The predicted octanol–water partition coefficient (Wildman–Crippen LogP) is 1.58. The summed E-state index contributed by atoms with van der Waals surface area (Å²) in [5.41, 5.74) is 7.88. The molecular weight excluding hydrogens is 282 g/mol. The van der Waals surface area contributed by atoms with Gasteiger partial charge in [-0.05, 0) is 32.0 Å². The number of carbonyl (C=O) groups is 1. The second-order valence-corrected chi connectivity index (χ2v) is 5.64. The first kappa shape index (κ1) is 16.6. The fraction of sp³-hybridized carbons (Fsp3) is 0.562. The quantitative estimate of drug-likeness (QED) is 0.614. The zero-order chi connectivity index (χ0) is 15.9. The van der Waals surface area contributed by atoms with Crippen LogP contribution in [0.4, 0.5) is 11.4 Å². The van der Waals surface area contributed by atoms with Crippen molar-refractivity contribution in [1.29, 1.82) is 0 Å². The maximum absolute atomic E-state index is 11.8. The third-order valence-electron chi connectivity index (χ3n) is 3.48. The summed E-state index contributed by atoms with van der Waals surface area (Å²) in [4.78, 5) is 14.2. The van der Waals surface area contributed by atoms with Crippen LogP contribution in [0.25, 0.3) is 0 Å². The van der Waals surface area contributed by atoms with Crippen LogP contribution in [0.3, 0.4) is 0 Å². The molecule has 1 fully saturated rings. The van der Waals surface area contributed by atoms with Crippen LogP contribution in [0.5, 0.6) is 0 Å². The molecule has 1 aromatic carbocycles. The molecule has 0 bridgehead atoms. The second kappa shape index (κ2) is 8.00. The number of morpholine rings is 1. The van der Waals surface area contributed by atoms with Gasteiger partial charge >= 0.3 is 5.97 Å². The average molecular weight is 307 g/mol. The lowest BCUT2D eigenvalue weighted by Gasteiger charge is -2.26. The summed E-state index contributed by atoms with van der Waals surface area (Å²) in [5, 5.41) is 3.31. The van der Waals surface area contributed by atoms with Crippen molar-refractivity contribution >= 4 is 17.3 Å². The number of carbonyl (C=O) groups excluding carboxylic acids is 1. The summed E-state index contributed by atoms with van der Waals surface area (Å²) >= 11 is 0. The lowest BCUT2D eigenvalue weighted by atomic mass is 10.1. The Bertz CT molecular complexity index is 499. The predicted molar refractivity (Wildman–Crippen MR) is 87.2 cm³/mol. The molecule has 0 spiro atoms. The minimum Gasteiger partial charge on any atom is -0.459 e. The van der Waals surface area contributed by atoms with Crippen molar-refractivity contribution in [3.05, 3.63) is 23.8 Å². The van der Waals surface area contributed by atoms with Gasteiger partial charge in [0.15, 0.2) is 0 Å². The van der Waals surface area contributed by atoms with Crippen LogP contribution in [0.1, 0.15) is 24.2 Å². The van der Waals surface area contributed by atoms with Crippen LogP contribution < -0.4 is 11.1 Å². The molecule has 0 saturated carbocycles. The first-order valence-electron chi connectivity index (χ1n) is 7.70. The number of benzene rings is 1. The number of esters is 1. The van der Waals surface area contributed by atoms with Crippen molar-refractivity contribution in [2.45, 2.75) is 20.0 Å². The summed E-state index contributed by atoms with van der Waals surface area (Å²) in [6, 6.07) is 5.21. The summed E-state index contributed by atoms with van der Waals surface area (Å²) in [7, 11) is 0. The fourth-order valence-corrected chi connectivity index (χ4v) is 2.31. The summed E-state index contributed by atoms with van der Waals surface area (Å²) in [5.74, 6) is -0.346. The van der Waals surface area contributed by atoms with Crippen molar-refractivity contribution in [1.82, 2.24) is 4.90 Å². The van der Waals surface area contributed by atoms with Gasteiger partial charge in [0.05, 0.1) is 36.3 Å². The number of anilines is 2. The van der Waals surface area contributed by atoms with Gasteiger partial charge in [0.25, 0.3) is 0 Å². The largest absolute Gasteiger partial charge is 0.459 e. The fourth-order valence-electron chi connectivity index (χ4n) is 2.31. The van der Waals surface area contributed by atoms with Crippen LogP contribution in [-0.4, -0.2) is 56.4 Å². The second-order valence-electron chi connectivity index (χ2n) is 5.64. The molecule has 0 amide bonds. The summed E-state index contributed by atoms with van der Waals surface area (Å²) in [6.07, 6.45) is -0.139. The monoisotopic (exact) mass is 307 g/mol. The lowest BCUT2D eigenvalue weighted by Crippen LogP contribution is -2.39. The van der Waals surface area contributed by atoms with Crippen molar-refractivity contribution in [3.8, 4) is 0 Å². The van der Waals surface area contributed by atoms with E-state index in [1.165, 1.54) is 0 Å². The van der Waals surface area contributed by atoms with E-state index in [0.29, 0.717) is 11.3 Å². The molecular formula is C16H25N3O3. The molecule has 1 aromatic rings. The Morgan fingerprint density at radius 2 is 2.14 bits per heavy atom. The molecule has 6 nitrogen and oxygen atoms in total. The molecule has 0 aliphatic carbocycles. The third-order valence-corrected chi connectivity index (χ3v) is 3.48. The molecule has 1 aliphatic heterocycles. The van der Waals surface area contributed by atoms with E-state index < -0.39 is 0 Å². The van der Waals surface area contributed by atoms with Crippen LogP contribution in [0, 0.1) is 0 Å². The van der Waals surface area contributed by atoms with Crippen molar-refractivity contribution in [2.24, 2.45) is 0 Å². The van der Waals surface area contributed by atoms with E-state index in [2.05, 4.69) is 10.2 Å². The van der Waals surface area contributed by atoms with E-state index in [1.807, 2.05) is 19.9 Å². The number of ether oxygens (including phenoxy) is 2. The van der Waals surface area contributed by atoms with Crippen molar-refractivity contribution < 1.29 is 14.3 Å². The van der Waals surface area contributed by atoms with Crippen LogP contribution in [0.2, 0.25) is 0 Å². The highest BCUT2D eigenvalue weighted by Crippen LogP contribution is 2.20. The van der Waals surface area contributed by atoms with Gasteiger partial charge in [-0.25, -0.2) is 4.79 Å². The number of hydrogen-bond acceptors (Lipinski definition) is 6. The van der Waals surface area contributed by atoms with Crippen LogP contribution >= 0.6 is 0 Å². The first-order chi connectivity index (χ1) is 10.6.